The van der Waals surface area contributed by atoms with Crippen molar-refractivity contribution in [3.63, 3.8) is 0 Å². The normalized spacial score (nSPS) is 11.2. The first-order chi connectivity index (χ1) is 18.6. The van der Waals surface area contributed by atoms with Gasteiger partial charge in [-0.3, -0.25) is 9.59 Å². The Bertz CT molecular complexity index is 931. The summed E-state index contributed by atoms with van der Waals surface area (Å²) in [5.41, 5.74) is 2.18. The monoisotopic (exact) mass is 519 g/mol. The number of phenolic OH excluding ortho intramolecular Hbond substituents is 1. The first-order valence-electron chi connectivity index (χ1n) is 15.0. The summed E-state index contributed by atoms with van der Waals surface area (Å²) >= 11 is 0. The van der Waals surface area contributed by atoms with Crippen molar-refractivity contribution in [2.45, 2.75) is 116 Å². The van der Waals surface area contributed by atoms with Gasteiger partial charge in [-0.05, 0) is 54.5 Å². The molecule has 0 aliphatic carbocycles. The fourth-order valence-electron chi connectivity index (χ4n) is 4.66. The van der Waals surface area contributed by atoms with Crippen molar-refractivity contribution in [1.29, 1.82) is 0 Å². The molecule has 0 aromatic heterocycles. The molecule has 0 saturated heterocycles. The number of hydrogen-bond donors (Lipinski definition) is 2. The molecule has 0 radical (unpaired) electrons. The van der Waals surface area contributed by atoms with E-state index in [9.17, 15) is 14.7 Å². The first-order valence-corrected chi connectivity index (χ1v) is 15.0. The fraction of sp³-hybridized carbons (Fsp3) is 0.529. The zero-order valence-corrected chi connectivity index (χ0v) is 23.6. The number of benzene rings is 2. The van der Waals surface area contributed by atoms with E-state index in [-0.39, 0.29) is 17.4 Å². The number of rotatable bonds is 21. The number of carbonyl (C=O) groups is 2. The van der Waals surface area contributed by atoms with Crippen LogP contribution in [0.25, 0.3) is 6.08 Å². The summed E-state index contributed by atoms with van der Waals surface area (Å²) in [7, 11) is 0. The molecule has 2 aromatic carbocycles. The number of ketones is 1. The van der Waals surface area contributed by atoms with Gasteiger partial charge in [0, 0.05) is 23.7 Å². The minimum atomic E-state index is -0.245. The quantitative estimate of drug-likeness (QED) is 0.0979. The van der Waals surface area contributed by atoms with Gasteiger partial charge in [-0.1, -0.05) is 115 Å². The number of anilines is 1. The zero-order valence-electron chi connectivity index (χ0n) is 23.6. The van der Waals surface area contributed by atoms with Crippen LogP contribution in [0.5, 0.6) is 5.75 Å². The van der Waals surface area contributed by atoms with Crippen LogP contribution in [0.4, 0.5) is 5.69 Å². The topological polar surface area (TPSA) is 66.4 Å². The minimum Gasteiger partial charge on any atom is -0.508 e. The Balaban J connectivity index is 1.47. The molecule has 0 aliphatic rings. The second kappa shape index (κ2) is 20.1. The minimum absolute atomic E-state index is 0.167. The second-order valence-electron chi connectivity index (χ2n) is 10.5. The lowest BCUT2D eigenvalue weighted by Gasteiger charge is -2.05. The van der Waals surface area contributed by atoms with Gasteiger partial charge in [0.15, 0.2) is 5.78 Å². The Morgan fingerprint density at radius 1 is 0.658 bits per heavy atom. The van der Waals surface area contributed by atoms with Crippen molar-refractivity contribution < 1.29 is 14.7 Å². The number of amides is 1. The van der Waals surface area contributed by atoms with E-state index in [2.05, 4.69) is 12.2 Å². The highest BCUT2D eigenvalue weighted by Crippen LogP contribution is 2.16. The average molecular weight is 520 g/mol. The van der Waals surface area contributed by atoms with Gasteiger partial charge >= 0.3 is 0 Å². The molecule has 2 rings (SSSR count). The van der Waals surface area contributed by atoms with Gasteiger partial charge in [0.1, 0.15) is 5.75 Å². The molecule has 0 atom stereocenters. The van der Waals surface area contributed by atoms with E-state index in [0.29, 0.717) is 17.7 Å². The summed E-state index contributed by atoms with van der Waals surface area (Å²) in [5.74, 6) is 0.113. The SMILES string of the molecule is CCCCCCCCCCCCCCCCCCC(=O)c1ccc(NC(=O)C=Cc2ccc(O)cc2)cc1. The van der Waals surface area contributed by atoms with Crippen molar-refractivity contribution in [2.75, 3.05) is 5.32 Å². The number of unbranched alkanes of at least 4 members (excludes halogenated alkanes) is 15. The fourth-order valence-corrected chi connectivity index (χ4v) is 4.66. The highest BCUT2D eigenvalue weighted by Gasteiger charge is 2.06. The molecular formula is C34H49NO3. The number of carbonyl (C=O) groups excluding carboxylic acids is 2. The average Bonchev–Trinajstić information content (AvgIpc) is 2.93. The van der Waals surface area contributed by atoms with Gasteiger partial charge in [0.05, 0.1) is 0 Å². The van der Waals surface area contributed by atoms with Crippen molar-refractivity contribution in [3.8, 4) is 5.75 Å². The van der Waals surface area contributed by atoms with Crippen LogP contribution >= 0.6 is 0 Å². The highest BCUT2D eigenvalue weighted by molar-refractivity contribution is 6.02. The molecule has 0 bridgehead atoms. The van der Waals surface area contributed by atoms with Gasteiger partial charge in [-0.25, -0.2) is 0 Å². The molecule has 4 heteroatoms. The molecule has 208 valence electrons. The van der Waals surface area contributed by atoms with Crippen LogP contribution in [-0.4, -0.2) is 16.8 Å². The van der Waals surface area contributed by atoms with Crippen LogP contribution < -0.4 is 5.32 Å². The van der Waals surface area contributed by atoms with Crippen LogP contribution in [0.1, 0.15) is 132 Å². The molecule has 1 amide bonds. The summed E-state index contributed by atoms with van der Waals surface area (Å²) in [5, 5.41) is 12.1. The molecule has 2 N–H and O–H groups in total. The molecule has 0 unspecified atom stereocenters. The van der Waals surface area contributed by atoms with Crippen molar-refractivity contribution in [1.82, 2.24) is 0 Å². The van der Waals surface area contributed by atoms with E-state index in [1.807, 2.05) is 0 Å². The van der Waals surface area contributed by atoms with Crippen LogP contribution in [-0.2, 0) is 4.79 Å². The van der Waals surface area contributed by atoms with Crippen LogP contribution in [0, 0.1) is 0 Å². The van der Waals surface area contributed by atoms with E-state index >= 15 is 0 Å². The van der Waals surface area contributed by atoms with E-state index < -0.39 is 0 Å². The summed E-state index contributed by atoms with van der Waals surface area (Å²) in [6.07, 6.45) is 24.9. The molecule has 38 heavy (non-hydrogen) atoms. The van der Waals surface area contributed by atoms with Crippen LogP contribution in [0.15, 0.2) is 54.6 Å². The molecule has 0 aliphatic heterocycles. The number of aromatic hydroxyl groups is 1. The van der Waals surface area contributed by atoms with Crippen LogP contribution in [0.2, 0.25) is 0 Å². The number of nitrogens with one attached hydrogen (secondary N) is 1. The van der Waals surface area contributed by atoms with E-state index in [1.165, 1.54) is 96.0 Å². The third kappa shape index (κ3) is 14.8. The summed E-state index contributed by atoms with van der Waals surface area (Å²) in [6.45, 7) is 2.27. The molecule has 2 aromatic rings. The van der Waals surface area contributed by atoms with E-state index in [4.69, 9.17) is 0 Å². The van der Waals surface area contributed by atoms with Gasteiger partial charge in [0.25, 0.3) is 0 Å². The lowest BCUT2D eigenvalue weighted by atomic mass is 10.0. The second-order valence-corrected chi connectivity index (χ2v) is 10.5. The van der Waals surface area contributed by atoms with Crippen molar-refractivity contribution in [2.24, 2.45) is 0 Å². The first kappa shape index (κ1) is 31.3. The molecule has 0 spiro atoms. The lowest BCUT2D eigenvalue weighted by molar-refractivity contribution is -0.111. The molecule has 0 heterocycles. The standard InChI is InChI=1S/C34H49NO3/c1-2-3-4-5-6-7-8-9-10-11-12-13-14-15-16-17-18-33(37)30-22-24-31(25-23-30)35-34(38)28-21-29-19-26-32(36)27-20-29/h19-28,36H,2-18H2,1H3,(H,35,38). The van der Waals surface area contributed by atoms with Gasteiger partial charge in [-0.2, -0.15) is 0 Å². The lowest BCUT2D eigenvalue weighted by Crippen LogP contribution is -2.08. The Hall–Kier alpha value is -2.88. The number of phenols is 1. The maximum atomic E-state index is 12.5. The van der Waals surface area contributed by atoms with E-state index in [0.717, 1.165) is 18.4 Å². The molecule has 0 fully saturated rings. The van der Waals surface area contributed by atoms with E-state index in [1.54, 1.807) is 54.6 Å². The van der Waals surface area contributed by atoms with Crippen molar-refractivity contribution >= 4 is 23.5 Å². The van der Waals surface area contributed by atoms with Gasteiger partial charge in [-0.15, -0.1) is 0 Å². The smallest absolute Gasteiger partial charge is 0.248 e. The van der Waals surface area contributed by atoms with Crippen molar-refractivity contribution in [3.05, 3.63) is 65.7 Å². The maximum absolute atomic E-state index is 12.5. The van der Waals surface area contributed by atoms with Crippen LogP contribution in [0.3, 0.4) is 0 Å². The number of hydrogen-bond acceptors (Lipinski definition) is 3. The Labute approximate surface area is 230 Å². The molecular weight excluding hydrogens is 470 g/mol. The maximum Gasteiger partial charge on any atom is 0.248 e. The third-order valence-electron chi connectivity index (χ3n) is 7.05. The number of Topliss-reactive ketones (excluding diaryl/α,β-unsaturated/α-hetero) is 1. The Morgan fingerprint density at radius 2 is 1.13 bits per heavy atom. The predicted molar refractivity (Wildman–Crippen MR) is 161 cm³/mol. The largest absolute Gasteiger partial charge is 0.508 e. The molecule has 0 saturated carbocycles. The third-order valence-corrected chi connectivity index (χ3v) is 7.05. The van der Waals surface area contributed by atoms with Gasteiger partial charge in [0.2, 0.25) is 5.91 Å². The predicted octanol–water partition coefficient (Wildman–Crippen LogP) is 9.88. The zero-order chi connectivity index (χ0) is 27.3. The summed E-state index contributed by atoms with van der Waals surface area (Å²) in [6, 6.07) is 13.7. The van der Waals surface area contributed by atoms with Gasteiger partial charge < -0.3 is 10.4 Å². The Kier molecular flexibility index (Phi) is 16.6. The summed E-state index contributed by atoms with van der Waals surface area (Å²) < 4.78 is 0. The molecule has 4 nitrogen and oxygen atoms in total. The Morgan fingerprint density at radius 3 is 1.63 bits per heavy atom. The summed E-state index contributed by atoms with van der Waals surface area (Å²) in [4.78, 5) is 24.6. The highest BCUT2D eigenvalue weighted by atomic mass is 16.3.